The highest BCUT2D eigenvalue weighted by Crippen LogP contribution is 2.33. The highest BCUT2D eigenvalue weighted by Gasteiger charge is 2.38. The van der Waals surface area contributed by atoms with Gasteiger partial charge in [-0.15, -0.1) is 0 Å². The smallest absolute Gasteiger partial charge is 0.407 e. The van der Waals surface area contributed by atoms with Gasteiger partial charge in [0.2, 0.25) is 0 Å². The van der Waals surface area contributed by atoms with Crippen molar-refractivity contribution in [3.63, 3.8) is 0 Å². The number of rotatable bonds is 15. The van der Waals surface area contributed by atoms with E-state index in [1.165, 1.54) is 18.9 Å². The summed E-state index contributed by atoms with van der Waals surface area (Å²) in [6.45, 7) is 11.1. The lowest BCUT2D eigenvalue weighted by atomic mass is 9.83. The summed E-state index contributed by atoms with van der Waals surface area (Å²) in [5.41, 5.74) is -1.60. The van der Waals surface area contributed by atoms with Crippen LogP contribution in [-0.4, -0.2) is 68.0 Å². The van der Waals surface area contributed by atoms with Crippen molar-refractivity contribution in [2.75, 3.05) is 38.4 Å². The van der Waals surface area contributed by atoms with E-state index in [-0.39, 0.29) is 37.9 Å². The molecule has 0 fully saturated rings. The Hall–Kier alpha value is -1.97. The monoisotopic (exact) mass is 491 g/mol. The Morgan fingerprint density at radius 1 is 1.03 bits per heavy atom. The van der Waals surface area contributed by atoms with Crippen LogP contribution in [0.2, 0.25) is 0 Å². The van der Waals surface area contributed by atoms with E-state index in [0.29, 0.717) is 18.1 Å². The van der Waals surface area contributed by atoms with Crippen LogP contribution in [0.5, 0.6) is 0 Å². The fraction of sp³-hybridized carbons (Fsp3) is 0.826. The second kappa shape index (κ2) is 15.8. The SMILES string of the molecule is CCCCOC(=O)C(C)CC(C)(CSCCC(=O)OC)C(=O)OCCNC(=O)OC(C)(C)C. The fourth-order valence-electron chi connectivity index (χ4n) is 2.76. The molecule has 0 aliphatic carbocycles. The Balaban J connectivity index is 4.89. The normalized spacial score (nSPS) is 13.9. The predicted molar refractivity (Wildman–Crippen MR) is 127 cm³/mol. The molecule has 192 valence electrons. The molecule has 0 spiro atoms. The molecule has 0 aromatic carbocycles. The summed E-state index contributed by atoms with van der Waals surface area (Å²) in [4.78, 5) is 48.3. The van der Waals surface area contributed by atoms with Gasteiger partial charge in [-0.1, -0.05) is 20.3 Å². The van der Waals surface area contributed by atoms with E-state index in [2.05, 4.69) is 10.1 Å². The topological polar surface area (TPSA) is 117 Å². The molecule has 0 heterocycles. The van der Waals surface area contributed by atoms with E-state index in [1.807, 2.05) is 6.92 Å². The molecule has 10 heteroatoms. The van der Waals surface area contributed by atoms with Crippen molar-refractivity contribution in [2.24, 2.45) is 11.3 Å². The number of hydrogen-bond donors (Lipinski definition) is 1. The number of ether oxygens (including phenoxy) is 4. The van der Waals surface area contributed by atoms with Gasteiger partial charge in [0.25, 0.3) is 0 Å². The first-order valence-corrected chi connectivity index (χ1v) is 12.5. The number of methoxy groups -OCH3 is 1. The first-order chi connectivity index (χ1) is 15.3. The lowest BCUT2D eigenvalue weighted by molar-refractivity contribution is -0.157. The molecule has 0 rings (SSSR count). The molecule has 0 saturated heterocycles. The highest BCUT2D eigenvalue weighted by molar-refractivity contribution is 7.99. The van der Waals surface area contributed by atoms with Gasteiger partial charge in [-0.2, -0.15) is 11.8 Å². The van der Waals surface area contributed by atoms with E-state index in [1.54, 1.807) is 34.6 Å². The predicted octanol–water partition coefficient (Wildman–Crippen LogP) is 3.73. The fourth-order valence-corrected chi connectivity index (χ4v) is 3.90. The molecule has 1 N–H and O–H groups in total. The van der Waals surface area contributed by atoms with Crippen LogP contribution in [0.15, 0.2) is 0 Å². The van der Waals surface area contributed by atoms with Crippen molar-refractivity contribution in [1.29, 1.82) is 0 Å². The molecule has 2 unspecified atom stereocenters. The standard InChI is InChI=1S/C23H41NO8S/c1-8-9-12-30-19(26)17(2)15-23(6,16-33-14-10-18(25)29-7)20(27)31-13-11-24-21(28)32-22(3,4)5/h17H,8-16H2,1-7H3,(H,24,28). The van der Waals surface area contributed by atoms with Crippen LogP contribution < -0.4 is 5.32 Å². The number of amides is 1. The zero-order valence-corrected chi connectivity index (χ0v) is 21.9. The number of carbonyl (C=O) groups excluding carboxylic acids is 4. The minimum absolute atomic E-state index is 0.0319. The second-order valence-corrected chi connectivity index (χ2v) is 10.2. The van der Waals surface area contributed by atoms with Crippen LogP contribution in [0.4, 0.5) is 4.79 Å². The molecular weight excluding hydrogens is 450 g/mol. The Labute approximate surface area is 202 Å². The maximum Gasteiger partial charge on any atom is 0.407 e. The van der Waals surface area contributed by atoms with Crippen LogP contribution in [0.3, 0.4) is 0 Å². The van der Waals surface area contributed by atoms with Gasteiger partial charge in [0.1, 0.15) is 12.2 Å². The molecule has 0 saturated carbocycles. The average molecular weight is 492 g/mol. The molecule has 0 aliphatic heterocycles. The third-order valence-electron chi connectivity index (χ3n) is 4.50. The zero-order valence-electron chi connectivity index (χ0n) is 21.1. The van der Waals surface area contributed by atoms with Crippen LogP contribution in [0.1, 0.15) is 67.2 Å². The maximum absolute atomic E-state index is 12.9. The number of esters is 3. The van der Waals surface area contributed by atoms with Gasteiger partial charge >= 0.3 is 24.0 Å². The first kappa shape index (κ1) is 31.0. The van der Waals surface area contributed by atoms with Crippen molar-refractivity contribution in [1.82, 2.24) is 5.32 Å². The molecule has 0 aromatic heterocycles. The Morgan fingerprint density at radius 2 is 1.70 bits per heavy atom. The van der Waals surface area contributed by atoms with Gasteiger partial charge in [-0.05, 0) is 40.5 Å². The Bertz CT molecular complexity index is 634. The van der Waals surface area contributed by atoms with Crippen molar-refractivity contribution in [3.05, 3.63) is 0 Å². The van der Waals surface area contributed by atoms with Crippen molar-refractivity contribution >= 4 is 35.8 Å². The molecule has 0 bridgehead atoms. The van der Waals surface area contributed by atoms with Gasteiger partial charge in [0.15, 0.2) is 0 Å². The minimum Gasteiger partial charge on any atom is -0.469 e. The third kappa shape index (κ3) is 14.7. The van der Waals surface area contributed by atoms with Gasteiger partial charge in [0, 0.05) is 11.5 Å². The van der Waals surface area contributed by atoms with E-state index >= 15 is 0 Å². The molecule has 9 nitrogen and oxygen atoms in total. The summed E-state index contributed by atoms with van der Waals surface area (Å²) in [6, 6.07) is 0. The van der Waals surface area contributed by atoms with Gasteiger partial charge in [-0.3, -0.25) is 14.4 Å². The first-order valence-electron chi connectivity index (χ1n) is 11.3. The molecular formula is C23H41NO8S. The molecule has 0 aromatic rings. The van der Waals surface area contributed by atoms with Crippen molar-refractivity contribution < 1.29 is 38.1 Å². The number of hydrogen-bond acceptors (Lipinski definition) is 9. The van der Waals surface area contributed by atoms with Crippen LogP contribution in [0.25, 0.3) is 0 Å². The van der Waals surface area contributed by atoms with E-state index < -0.39 is 29.0 Å². The summed E-state index contributed by atoms with van der Waals surface area (Å²) in [5, 5.41) is 2.54. The van der Waals surface area contributed by atoms with Crippen molar-refractivity contribution in [3.8, 4) is 0 Å². The molecule has 2 atom stereocenters. The highest BCUT2D eigenvalue weighted by atomic mass is 32.2. The minimum atomic E-state index is -0.976. The summed E-state index contributed by atoms with van der Waals surface area (Å²) >= 11 is 1.41. The summed E-state index contributed by atoms with van der Waals surface area (Å²) in [7, 11) is 1.33. The Kier molecular flexibility index (Phi) is 14.9. The van der Waals surface area contributed by atoms with Gasteiger partial charge in [0.05, 0.1) is 38.0 Å². The summed E-state index contributed by atoms with van der Waals surface area (Å²) < 4.78 is 20.5. The van der Waals surface area contributed by atoms with Crippen LogP contribution in [-0.2, 0) is 33.3 Å². The zero-order chi connectivity index (χ0) is 25.5. The van der Waals surface area contributed by atoms with E-state index in [0.717, 1.165) is 12.8 Å². The number of nitrogens with one attached hydrogen (secondary N) is 1. The molecule has 0 radical (unpaired) electrons. The number of alkyl carbamates (subject to hydrolysis) is 1. The lowest BCUT2D eigenvalue weighted by Gasteiger charge is -2.29. The number of unbranched alkanes of at least 4 members (excludes halogenated alkanes) is 1. The van der Waals surface area contributed by atoms with E-state index in [9.17, 15) is 19.2 Å². The molecule has 33 heavy (non-hydrogen) atoms. The van der Waals surface area contributed by atoms with Crippen LogP contribution >= 0.6 is 11.8 Å². The maximum atomic E-state index is 12.9. The number of carbonyl (C=O) groups is 4. The third-order valence-corrected chi connectivity index (χ3v) is 5.83. The Morgan fingerprint density at radius 3 is 2.27 bits per heavy atom. The summed E-state index contributed by atoms with van der Waals surface area (Å²) in [5.74, 6) is -0.825. The van der Waals surface area contributed by atoms with Crippen molar-refractivity contribution in [2.45, 2.75) is 72.8 Å². The molecule has 0 aliphatic rings. The van der Waals surface area contributed by atoms with Crippen LogP contribution in [0, 0.1) is 11.3 Å². The quantitative estimate of drug-likeness (QED) is 0.208. The summed E-state index contributed by atoms with van der Waals surface area (Å²) in [6.07, 6.45) is 1.57. The van der Waals surface area contributed by atoms with E-state index in [4.69, 9.17) is 14.2 Å². The second-order valence-electron chi connectivity index (χ2n) is 9.13. The average Bonchev–Trinajstić information content (AvgIpc) is 2.72. The van der Waals surface area contributed by atoms with Gasteiger partial charge < -0.3 is 24.3 Å². The largest absolute Gasteiger partial charge is 0.469 e. The van der Waals surface area contributed by atoms with Gasteiger partial charge in [-0.25, -0.2) is 4.79 Å². The molecule has 1 amide bonds. The lowest BCUT2D eigenvalue weighted by Crippen LogP contribution is -2.38. The number of thioether (sulfide) groups is 1.